The van der Waals surface area contributed by atoms with E-state index in [1.807, 2.05) is 0 Å². The van der Waals surface area contributed by atoms with E-state index in [4.69, 9.17) is 15.2 Å². The monoisotopic (exact) mass is 602 g/mol. The minimum absolute atomic E-state index is 0.00727. The third-order valence-electron chi connectivity index (χ3n) is 7.08. The molecule has 0 unspecified atom stereocenters. The van der Waals surface area contributed by atoms with Crippen LogP contribution in [0.5, 0.6) is 0 Å². The van der Waals surface area contributed by atoms with Crippen LogP contribution in [0.3, 0.4) is 0 Å². The summed E-state index contributed by atoms with van der Waals surface area (Å²) in [7, 11) is -3.57. The molecule has 218 valence electrons. The van der Waals surface area contributed by atoms with Crippen LogP contribution >= 0.6 is 0 Å². The summed E-state index contributed by atoms with van der Waals surface area (Å²) in [5.41, 5.74) is 7.97. The number of anilines is 2. The second-order valence-electron chi connectivity index (χ2n) is 10.1. The number of aromatic nitrogens is 4. The molecule has 6 aromatic rings. The van der Waals surface area contributed by atoms with E-state index in [1.54, 1.807) is 32.0 Å². The van der Waals surface area contributed by atoms with E-state index in [0.717, 1.165) is 12.3 Å². The van der Waals surface area contributed by atoms with Crippen LogP contribution in [0.4, 0.5) is 20.3 Å². The van der Waals surface area contributed by atoms with Crippen LogP contribution < -0.4 is 15.9 Å². The van der Waals surface area contributed by atoms with Crippen LogP contribution in [-0.2, 0) is 10.0 Å². The van der Waals surface area contributed by atoms with Crippen LogP contribution in [0.25, 0.3) is 44.4 Å². The molecule has 0 aliphatic heterocycles. The summed E-state index contributed by atoms with van der Waals surface area (Å²) in [6.45, 7) is 3.46. The predicted molar refractivity (Wildman–Crippen MR) is 160 cm³/mol. The molecule has 0 amide bonds. The Balaban J connectivity index is 1.62. The van der Waals surface area contributed by atoms with Gasteiger partial charge in [-0.05, 0) is 55.3 Å². The number of hydrogen-bond donors (Lipinski definition) is 2. The van der Waals surface area contributed by atoms with Crippen molar-refractivity contribution in [3.8, 4) is 22.4 Å². The lowest BCUT2D eigenvalue weighted by molar-refractivity contribution is 0.445. The Bertz CT molecular complexity index is 2250. The number of benzene rings is 3. The smallest absolute Gasteiger partial charge is 0.229 e. The van der Waals surface area contributed by atoms with Crippen molar-refractivity contribution in [2.45, 2.75) is 19.9 Å². The van der Waals surface area contributed by atoms with E-state index in [0.29, 0.717) is 33.5 Å². The number of nitrogen functional groups attached to an aromatic ring is 1. The summed E-state index contributed by atoms with van der Waals surface area (Å²) in [5.74, 6) is -1.16. The molecule has 0 saturated carbocycles. The molecule has 3 aromatic carbocycles. The summed E-state index contributed by atoms with van der Waals surface area (Å²) < 4.78 is 63.3. The fraction of sp³-hybridized carbons (Fsp3) is 0.133. The first-order valence-electron chi connectivity index (χ1n) is 13.0. The predicted octanol–water partition coefficient (Wildman–Crippen LogP) is 5.42. The number of hydrogen-bond acceptors (Lipinski definition) is 8. The normalized spacial score (nSPS) is 12.6. The Morgan fingerprint density at radius 2 is 1.77 bits per heavy atom. The van der Waals surface area contributed by atoms with E-state index >= 15 is 0 Å². The van der Waals surface area contributed by atoms with Crippen molar-refractivity contribution in [2.24, 2.45) is 0 Å². The Morgan fingerprint density at radius 1 is 1.00 bits per heavy atom. The molecule has 3 heterocycles. The summed E-state index contributed by atoms with van der Waals surface area (Å²) in [4.78, 5) is 22.3. The van der Waals surface area contributed by atoms with E-state index in [9.17, 15) is 22.0 Å². The maximum absolute atomic E-state index is 14.9. The molecule has 0 saturated heterocycles. The molecular formula is C30H24F2N6O4S. The summed E-state index contributed by atoms with van der Waals surface area (Å²) in [5, 5.41) is 4.91. The minimum atomic E-state index is -3.57. The van der Waals surface area contributed by atoms with Gasteiger partial charge in [0, 0.05) is 5.56 Å². The summed E-state index contributed by atoms with van der Waals surface area (Å²) in [6.07, 6.45) is 2.31. The highest BCUT2D eigenvalue weighted by molar-refractivity contribution is 7.92. The van der Waals surface area contributed by atoms with Gasteiger partial charge in [-0.3, -0.25) is 9.52 Å². The number of aryl methyl sites for hydroxylation is 1. The highest BCUT2D eigenvalue weighted by Crippen LogP contribution is 2.37. The maximum Gasteiger partial charge on any atom is 0.229 e. The minimum Gasteiger partial charge on any atom is -0.458 e. The van der Waals surface area contributed by atoms with Gasteiger partial charge in [-0.25, -0.2) is 31.8 Å². The SMILES string of the molecule is Cc1ccc(-c2nn([C@H](C)c3oc4cccc(F)c4c(=O)c3-c3cccc(F)c3)c3ncnc(N)c23)cc1NS(C)(=O)=O. The molecule has 0 fully saturated rings. The average molecular weight is 603 g/mol. The zero-order chi connectivity index (χ0) is 30.6. The van der Waals surface area contributed by atoms with Crippen molar-refractivity contribution in [1.82, 2.24) is 19.7 Å². The van der Waals surface area contributed by atoms with Gasteiger partial charge in [0.2, 0.25) is 15.5 Å². The van der Waals surface area contributed by atoms with Crippen LogP contribution in [0.15, 0.2) is 76.2 Å². The fourth-order valence-electron chi connectivity index (χ4n) is 5.09. The van der Waals surface area contributed by atoms with Gasteiger partial charge in [0.05, 0.1) is 22.9 Å². The van der Waals surface area contributed by atoms with Crippen LogP contribution in [0.2, 0.25) is 0 Å². The van der Waals surface area contributed by atoms with Crippen molar-refractivity contribution < 1.29 is 21.6 Å². The van der Waals surface area contributed by atoms with E-state index in [1.165, 1.54) is 47.4 Å². The highest BCUT2D eigenvalue weighted by Gasteiger charge is 2.28. The third-order valence-corrected chi connectivity index (χ3v) is 7.67. The second-order valence-corrected chi connectivity index (χ2v) is 11.9. The number of sulfonamides is 1. The number of nitrogens with zero attached hydrogens (tertiary/aromatic N) is 4. The quantitative estimate of drug-likeness (QED) is 0.257. The number of nitrogens with two attached hydrogens (primary N) is 1. The Morgan fingerprint density at radius 3 is 2.51 bits per heavy atom. The highest BCUT2D eigenvalue weighted by atomic mass is 32.2. The van der Waals surface area contributed by atoms with Crippen molar-refractivity contribution in [3.05, 3.63) is 100 Å². The standard InChI is InChI=1S/C30H24F2N6O4S/c1-15-10-11-18(13-21(15)37-43(3,40)41)26-25-29(33)34-14-35-30(25)38(36-26)16(2)28-23(17-6-4-7-19(31)12-17)27(39)24-20(32)8-5-9-22(24)42-28/h4-14,16,37H,1-3H3,(H2,33,34,35)/t16-/m1/s1. The van der Waals surface area contributed by atoms with Crippen molar-refractivity contribution >= 4 is 43.5 Å². The van der Waals surface area contributed by atoms with Crippen LogP contribution in [-0.4, -0.2) is 34.4 Å². The lowest BCUT2D eigenvalue weighted by Gasteiger charge is -2.17. The summed E-state index contributed by atoms with van der Waals surface area (Å²) in [6, 6.07) is 13.7. The molecule has 0 bridgehead atoms. The van der Waals surface area contributed by atoms with E-state index in [-0.39, 0.29) is 33.7 Å². The first-order chi connectivity index (χ1) is 20.4. The molecule has 0 radical (unpaired) electrons. The first kappa shape index (κ1) is 28.0. The molecule has 13 heteroatoms. The Hall–Kier alpha value is -5.17. The van der Waals surface area contributed by atoms with Gasteiger partial charge in [0.15, 0.2) is 5.65 Å². The zero-order valence-corrected chi connectivity index (χ0v) is 23.9. The van der Waals surface area contributed by atoms with Gasteiger partial charge in [-0.2, -0.15) is 5.10 Å². The lowest BCUT2D eigenvalue weighted by Crippen LogP contribution is -2.17. The van der Waals surface area contributed by atoms with Crippen molar-refractivity contribution in [3.63, 3.8) is 0 Å². The van der Waals surface area contributed by atoms with Crippen molar-refractivity contribution in [1.29, 1.82) is 0 Å². The molecule has 43 heavy (non-hydrogen) atoms. The van der Waals surface area contributed by atoms with E-state index in [2.05, 4.69) is 14.7 Å². The molecule has 0 aliphatic rings. The number of nitrogens with one attached hydrogen (secondary N) is 1. The molecule has 10 nitrogen and oxygen atoms in total. The van der Waals surface area contributed by atoms with Gasteiger partial charge in [-0.1, -0.05) is 30.3 Å². The Labute approximate surface area is 243 Å². The summed E-state index contributed by atoms with van der Waals surface area (Å²) >= 11 is 0. The van der Waals surface area contributed by atoms with Crippen LogP contribution in [0, 0.1) is 18.6 Å². The van der Waals surface area contributed by atoms with Gasteiger partial charge < -0.3 is 10.2 Å². The molecule has 1 atom stereocenters. The molecule has 0 aliphatic carbocycles. The van der Waals surface area contributed by atoms with Gasteiger partial charge >= 0.3 is 0 Å². The zero-order valence-electron chi connectivity index (χ0n) is 23.1. The maximum atomic E-state index is 14.9. The number of halogens is 2. The topological polar surface area (TPSA) is 146 Å². The fourth-order valence-corrected chi connectivity index (χ4v) is 5.70. The van der Waals surface area contributed by atoms with Crippen molar-refractivity contribution in [2.75, 3.05) is 16.7 Å². The molecule has 6 rings (SSSR count). The molecule has 0 spiro atoms. The number of rotatable bonds is 6. The van der Waals surface area contributed by atoms with Gasteiger partial charge in [0.25, 0.3) is 0 Å². The largest absolute Gasteiger partial charge is 0.458 e. The van der Waals surface area contributed by atoms with Gasteiger partial charge in [0.1, 0.15) is 52.2 Å². The molecular weight excluding hydrogens is 578 g/mol. The molecule has 3 N–H and O–H groups in total. The molecule has 3 aromatic heterocycles. The van der Waals surface area contributed by atoms with E-state index < -0.39 is 33.1 Å². The van der Waals surface area contributed by atoms with Gasteiger partial charge in [-0.15, -0.1) is 0 Å². The van der Waals surface area contributed by atoms with Crippen LogP contribution in [0.1, 0.15) is 24.3 Å². The third kappa shape index (κ3) is 4.97. The Kier molecular flexibility index (Phi) is 6.69. The first-order valence-corrected chi connectivity index (χ1v) is 14.9. The number of fused-ring (bicyclic) bond motifs is 2. The lowest BCUT2D eigenvalue weighted by atomic mass is 9.99. The average Bonchev–Trinajstić information content (AvgIpc) is 3.34. The second kappa shape index (κ2) is 10.3.